The summed E-state index contributed by atoms with van der Waals surface area (Å²) in [6.45, 7) is 1.78. The Labute approximate surface area is 155 Å². The monoisotopic (exact) mass is 370 g/mol. The van der Waals surface area contributed by atoms with E-state index in [0.29, 0.717) is 23.2 Å². The fourth-order valence-electron chi connectivity index (χ4n) is 2.30. The van der Waals surface area contributed by atoms with E-state index in [4.69, 9.17) is 4.52 Å². The van der Waals surface area contributed by atoms with Crippen LogP contribution in [0.25, 0.3) is 0 Å². The first kappa shape index (κ1) is 17.9. The van der Waals surface area contributed by atoms with Gasteiger partial charge < -0.3 is 15.0 Å². The van der Waals surface area contributed by atoms with Gasteiger partial charge >= 0.3 is 0 Å². The zero-order valence-corrected chi connectivity index (χ0v) is 15.0. The highest BCUT2D eigenvalue weighted by Crippen LogP contribution is 2.15. The number of carbonyl (C=O) groups is 1. The van der Waals surface area contributed by atoms with Crippen molar-refractivity contribution in [2.24, 2.45) is 0 Å². The average molecular weight is 370 g/mol. The molecule has 2 heterocycles. The molecule has 3 aromatic rings. The number of carbonyl (C=O) groups excluding carboxylic acids is 1. The van der Waals surface area contributed by atoms with Crippen molar-refractivity contribution in [1.29, 1.82) is 0 Å². The molecule has 3 rings (SSSR count). The Hall–Kier alpha value is -2.87. The lowest BCUT2D eigenvalue weighted by Gasteiger charge is -2.09. The van der Waals surface area contributed by atoms with E-state index in [9.17, 15) is 10.0 Å². The number of pyridine rings is 1. The van der Waals surface area contributed by atoms with Crippen LogP contribution in [0.1, 0.15) is 30.2 Å². The van der Waals surface area contributed by atoms with Crippen LogP contribution < -0.4 is 10.0 Å². The van der Waals surface area contributed by atoms with E-state index >= 15 is 0 Å². The molecule has 8 heteroatoms. The maximum Gasteiger partial charge on any atom is 0.251 e. The van der Waals surface area contributed by atoms with Gasteiger partial charge in [-0.25, -0.2) is 0 Å². The maximum absolute atomic E-state index is 12.1. The van der Waals surface area contributed by atoms with Crippen molar-refractivity contribution in [3.8, 4) is 0 Å². The molecule has 26 heavy (non-hydrogen) atoms. The second-order valence-electron chi connectivity index (χ2n) is 5.65. The van der Waals surface area contributed by atoms with Crippen molar-refractivity contribution in [2.45, 2.75) is 24.4 Å². The van der Waals surface area contributed by atoms with E-state index < -0.39 is 6.04 Å². The standard InChI is InChI=1S/C18H18N4O3S/c1-13(19-16(23)12-26-17-9-5-6-10-22(17)24)18-20-15(21-25-18)11-14-7-3-2-4-8-14/h2-10,13H,11-12H2,1H3,(H,19,23). The van der Waals surface area contributed by atoms with Crippen molar-refractivity contribution in [1.82, 2.24) is 15.5 Å². The van der Waals surface area contributed by atoms with E-state index in [2.05, 4.69) is 15.5 Å². The molecule has 0 radical (unpaired) electrons. The zero-order valence-electron chi connectivity index (χ0n) is 14.2. The smallest absolute Gasteiger partial charge is 0.251 e. The molecule has 1 atom stereocenters. The lowest BCUT2D eigenvalue weighted by Crippen LogP contribution is -2.31. The van der Waals surface area contributed by atoms with Crippen LogP contribution in [-0.4, -0.2) is 21.8 Å². The Morgan fingerprint density at radius 2 is 2.04 bits per heavy atom. The van der Waals surface area contributed by atoms with E-state index in [0.717, 1.165) is 10.3 Å². The number of rotatable bonds is 7. The van der Waals surface area contributed by atoms with Gasteiger partial charge in [0.25, 0.3) is 5.03 Å². The minimum absolute atomic E-state index is 0.127. The first-order chi connectivity index (χ1) is 12.6. The largest absolute Gasteiger partial charge is 0.618 e. The Balaban J connectivity index is 1.52. The number of thioether (sulfide) groups is 1. The van der Waals surface area contributed by atoms with E-state index in [1.54, 1.807) is 25.1 Å². The number of nitrogens with zero attached hydrogens (tertiary/aromatic N) is 3. The molecule has 2 aromatic heterocycles. The van der Waals surface area contributed by atoms with Crippen LogP contribution in [0.15, 0.2) is 64.3 Å². The SMILES string of the molecule is CC(NC(=O)CSc1cccc[n+]1[O-])c1nc(Cc2ccccc2)no1. The molecule has 0 aliphatic heterocycles. The molecule has 0 spiro atoms. The second kappa shape index (κ2) is 8.48. The number of hydrogen-bond acceptors (Lipinski definition) is 6. The Morgan fingerprint density at radius 3 is 2.81 bits per heavy atom. The second-order valence-corrected chi connectivity index (χ2v) is 6.65. The third-order valence-electron chi connectivity index (χ3n) is 3.58. The predicted octanol–water partition coefficient (Wildman–Crippen LogP) is 2.26. The molecule has 0 fully saturated rings. The highest BCUT2D eigenvalue weighted by Gasteiger charge is 2.17. The quantitative estimate of drug-likeness (QED) is 0.389. The first-order valence-corrected chi connectivity index (χ1v) is 9.07. The van der Waals surface area contributed by atoms with Crippen molar-refractivity contribution >= 4 is 17.7 Å². The molecule has 0 saturated carbocycles. The summed E-state index contributed by atoms with van der Waals surface area (Å²) < 4.78 is 5.98. The molecule has 0 aliphatic rings. The minimum Gasteiger partial charge on any atom is -0.618 e. The van der Waals surface area contributed by atoms with Gasteiger partial charge in [-0.1, -0.05) is 35.5 Å². The number of nitrogens with one attached hydrogen (secondary N) is 1. The van der Waals surface area contributed by atoms with Crippen LogP contribution in [0, 0.1) is 5.21 Å². The predicted molar refractivity (Wildman–Crippen MR) is 96.2 cm³/mol. The van der Waals surface area contributed by atoms with Gasteiger partial charge in [-0.3, -0.25) is 4.79 Å². The molecule has 0 saturated heterocycles. The summed E-state index contributed by atoms with van der Waals surface area (Å²) in [6, 6.07) is 14.5. The molecule has 1 amide bonds. The highest BCUT2D eigenvalue weighted by molar-refractivity contribution is 7.99. The summed E-state index contributed by atoms with van der Waals surface area (Å²) in [5.74, 6) is 0.835. The number of aromatic nitrogens is 3. The first-order valence-electron chi connectivity index (χ1n) is 8.08. The number of amides is 1. The Morgan fingerprint density at radius 1 is 1.27 bits per heavy atom. The lowest BCUT2D eigenvalue weighted by molar-refractivity contribution is -0.645. The summed E-state index contributed by atoms with van der Waals surface area (Å²) in [7, 11) is 0. The van der Waals surface area contributed by atoms with Gasteiger partial charge in [0.2, 0.25) is 11.8 Å². The maximum atomic E-state index is 12.1. The van der Waals surface area contributed by atoms with Crippen molar-refractivity contribution < 1.29 is 14.0 Å². The summed E-state index contributed by atoms with van der Waals surface area (Å²) in [6.07, 6.45) is 1.97. The van der Waals surface area contributed by atoms with Crippen LogP contribution in [0.2, 0.25) is 0 Å². The topological polar surface area (TPSA) is 95.0 Å². The molecule has 0 aliphatic carbocycles. The summed E-state index contributed by atoms with van der Waals surface area (Å²) in [4.78, 5) is 16.4. The summed E-state index contributed by atoms with van der Waals surface area (Å²) in [5, 5.41) is 18.8. The Bertz CT molecular complexity index is 870. The minimum atomic E-state index is -0.407. The van der Waals surface area contributed by atoms with E-state index in [1.807, 2.05) is 30.3 Å². The fraction of sp³-hybridized carbons (Fsp3) is 0.222. The number of benzene rings is 1. The van der Waals surface area contributed by atoms with Gasteiger partial charge in [0, 0.05) is 18.6 Å². The van der Waals surface area contributed by atoms with Crippen molar-refractivity contribution in [3.63, 3.8) is 0 Å². The van der Waals surface area contributed by atoms with Crippen LogP contribution in [-0.2, 0) is 11.2 Å². The van der Waals surface area contributed by atoms with Crippen LogP contribution in [0.3, 0.4) is 0 Å². The lowest BCUT2D eigenvalue weighted by atomic mass is 10.1. The average Bonchev–Trinajstić information content (AvgIpc) is 3.10. The van der Waals surface area contributed by atoms with E-state index in [1.165, 1.54) is 18.0 Å². The van der Waals surface area contributed by atoms with Gasteiger partial charge in [0.05, 0.1) is 5.75 Å². The third kappa shape index (κ3) is 4.82. The van der Waals surface area contributed by atoms with Gasteiger partial charge in [-0.2, -0.15) is 9.71 Å². The molecule has 0 bridgehead atoms. The van der Waals surface area contributed by atoms with E-state index in [-0.39, 0.29) is 11.7 Å². The normalized spacial score (nSPS) is 11.9. The Kier molecular flexibility index (Phi) is 5.85. The third-order valence-corrected chi connectivity index (χ3v) is 4.59. The van der Waals surface area contributed by atoms with Gasteiger partial charge in [0.1, 0.15) is 6.04 Å². The number of hydrogen-bond donors (Lipinski definition) is 1. The van der Waals surface area contributed by atoms with Gasteiger partial charge in [-0.15, -0.1) is 0 Å². The highest BCUT2D eigenvalue weighted by atomic mass is 32.2. The van der Waals surface area contributed by atoms with Gasteiger partial charge in [-0.05, 0) is 30.3 Å². The van der Waals surface area contributed by atoms with Crippen molar-refractivity contribution in [3.05, 3.63) is 77.2 Å². The van der Waals surface area contributed by atoms with Crippen LogP contribution in [0.4, 0.5) is 0 Å². The molecule has 1 unspecified atom stereocenters. The summed E-state index contributed by atoms with van der Waals surface area (Å²) in [5.41, 5.74) is 1.08. The summed E-state index contributed by atoms with van der Waals surface area (Å²) >= 11 is 1.17. The molecular formula is C18H18N4O3S. The molecular weight excluding hydrogens is 352 g/mol. The van der Waals surface area contributed by atoms with Crippen LogP contribution >= 0.6 is 11.8 Å². The fourth-order valence-corrected chi connectivity index (χ4v) is 3.03. The molecule has 7 nitrogen and oxygen atoms in total. The van der Waals surface area contributed by atoms with Crippen LogP contribution in [0.5, 0.6) is 0 Å². The molecule has 134 valence electrons. The zero-order chi connectivity index (χ0) is 18.4. The molecule has 1 N–H and O–H groups in total. The van der Waals surface area contributed by atoms with Crippen molar-refractivity contribution in [2.75, 3.05) is 5.75 Å². The van der Waals surface area contributed by atoms with Gasteiger partial charge in [0.15, 0.2) is 12.0 Å². The molecule has 1 aromatic carbocycles.